The number of rotatable bonds is 9. The van der Waals surface area contributed by atoms with E-state index in [-0.39, 0.29) is 0 Å². The number of unbranched alkanes of at least 4 members (excludes halogenated alkanes) is 1. The first-order chi connectivity index (χ1) is 16.1. The summed E-state index contributed by atoms with van der Waals surface area (Å²) in [6.45, 7) is 10.3. The highest BCUT2D eigenvalue weighted by molar-refractivity contribution is 6.37. The van der Waals surface area contributed by atoms with Gasteiger partial charge in [0.1, 0.15) is 5.75 Å². The normalized spacial score (nSPS) is 17.2. The van der Waals surface area contributed by atoms with Gasteiger partial charge in [-0.1, -0.05) is 92.9 Å². The summed E-state index contributed by atoms with van der Waals surface area (Å²) in [7, 11) is 1.67. The van der Waals surface area contributed by atoms with E-state index in [1.165, 1.54) is 35.8 Å². The highest BCUT2D eigenvalue weighted by Gasteiger charge is 2.28. The van der Waals surface area contributed by atoms with E-state index in [9.17, 15) is 0 Å². The van der Waals surface area contributed by atoms with E-state index in [4.69, 9.17) is 16.3 Å². The minimum Gasteiger partial charge on any atom is -0.495 e. The van der Waals surface area contributed by atoms with Crippen LogP contribution in [0.25, 0.3) is 10.8 Å². The van der Waals surface area contributed by atoms with Gasteiger partial charge in [-0.15, -0.1) is 0 Å². The van der Waals surface area contributed by atoms with Crippen LogP contribution < -0.4 is 4.74 Å². The summed E-state index contributed by atoms with van der Waals surface area (Å²) in [5.74, 6) is 1.21. The lowest BCUT2D eigenvalue weighted by atomic mass is 9.87. The summed E-state index contributed by atoms with van der Waals surface area (Å²) < 4.78 is 5.40. The molecule has 1 aliphatic heterocycles. The maximum absolute atomic E-state index is 6.56. The van der Waals surface area contributed by atoms with Crippen molar-refractivity contribution in [3.05, 3.63) is 76.8 Å². The van der Waals surface area contributed by atoms with Gasteiger partial charge in [0.15, 0.2) is 0 Å². The molecule has 0 amide bonds. The van der Waals surface area contributed by atoms with Gasteiger partial charge in [-0.3, -0.25) is 9.80 Å². The largest absolute Gasteiger partial charge is 0.495 e. The van der Waals surface area contributed by atoms with Crippen LogP contribution in [-0.2, 0) is 6.54 Å². The van der Waals surface area contributed by atoms with Crippen LogP contribution >= 0.6 is 11.6 Å². The summed E-state index contributed by atoms with van der Waals surface area (Å²) >= 11 is 6.56. The second kappa shape index (κ2) is 11.4. The molecule has 0 aromatic heterocycles. The Morgan fingerprint density at radius 2 is 1.73 bits per heavy atom. The van der Waals surface area contributed by atoms with Gasteiger partial charge >= 0.3 is 0 Å². The number of halogens is 1. The number of hydrogen-bond donors (Lipinski definition) is 0. The molecular formula is C29H37ClN2O. The maximum atomic E-state index is 6.56. The highest BCUT2D eigenvalue weighted by atomic mass is 35.5. The van der Waals surface area contributed by atoms with Crippen LogP contribution in [0.1, 0.15) is 50.2 Å². The van der Waals surface area contributed by atoms with Gasteiger partial charge in [0.2, 0.25) is 0 Å². The maximum Gasteiger partial charge on any atom is 0.138 e. The van der Waals surface area contributed by atoms with E-state index >= 15 is 0 Å². The monoisotopic (exact) mass is 464 g/mol. The zero-order valence-corrected chi connectivity index (χ0v) is 21.0. The van der Waals surface area contributed by atoms with Gasteiger partial charge in [-0.2, -0.15) is 0 Å². The predicted octanol–water partition coefficient (Wildman–Crippen LogP) is 6.98. The Bertz CT molecular complexity index is 1030. The molecule has 0 spiro atoms. The minimum absolute atomic E-state index is 0.475. The molecule has 1 aliphatic rings. The Kier molecular flexibility index (Phi) is 8.29. The Labute approximate surface area is 204 Å². The third-order valence-electron chi connectivity index (χ3n) is 7.24. The summed E-state index contributed by atoms with van der Waals surface area (Å²) in [4.78, 5) is 5.34. The van der Waals surface area contributed by atoms with Crippen molar-refractivity contribution in [3.63, 3.8) is 0 Å². The number of nitrogens with zero attached hydrogens (tertiary/aromatic N) is 2. The summed E-state index contributed by atoms with van der Waals surface area (Å²) in [5, 5.41) is 2.95. The van der Waals surface area contributed by atoms with E-state index in [0.29, 0.717) is 17.0 Å². The minimum atomic E-state index is 0.475. The van der Waals surface area contributed by atoms with Crippen molar-refractivity contribution in [2.75, 3.05) is 33.3 Å². The van der Waals surface area contributed by atoms with Crippen LogP contribution in [-0.4, -0.2) is 49.1 Å². The molecule has 3 aromatic carbocycles. The van der Waals surface area contributed by atoms with Crippen molar-refractivity contribution in [2.24, 2.45) is 0 Å². The van der Waals surface area contributed by atoms with Gasteiger partial charge < -0.3 is 4.74 Å². The SMILES string of the molecule is CCCCC(C(C)c1ccc2c(Cl)c(OC)ccc2c1)N1CCN(Cc2ccccc2)CC1. The fraction of sp³-hybridized carbons (Fsp3) is 0.448. The molecule has 2 atom stereocenters. The smallest absolute Gasteiger partial charge is 0.138 e. The lowest BCUT2D eigenvalue weighted by molar-refractivity contribution is 0.0774. The molecule has 1 fully saturated rings. The standard InChI is InChI=1S/C29H37ClN2O/c1-4-5-11-27(32-18-16-31(17-19-32)21-23-9-7-6-8-10-23)22(2)24-12-14-26-25(20-24)13-15-28(33-3)29(26)30/h6-10,12-15,20,22,27H,4-5,11,16-19,21H2,1-3H3. The molecule has 1 saturated heterocycles. The van der Waals surface area contributed by atoms with Crippen LogP contribution in [0.2, 0.25) is 5.02 Å². The van der Waals surface area contributed by atoms with Crippen molar-refractivity contribution >= 4 is 22.4 Å². The van der Waals surface area contributed by atoms with Crippen LogP contribution in [0.3, 0.4) is 0 Å². The van der Waals surface area contributed by atoms with Gasteiger partial charge in [-0.05, 0) is 34.9 Å². The number of benzene rings is 3. The molecule has 0 aliphatic carbocycles. The first-order valence-electron chi connectivity index (χ1n) is 12.4. The highest BCUT2D eigenvalue weighted by Crippen LogP contribution is 2.35. The molecule has 176 valence electrons. The second-order valence-corrected chi connectivity index (χ2v) is 9.74. The van der Waals surface area contributed by atoms with Gasteiger partial charge in [0.25, 0.3) is 0 Å². The second-order valence-electron chi connectivity index (χ2n) is 9.36. The van der Waals surface area contributed by atoms with E-state index in [1.54, 1.807) is 7.11 Å². The zero-order chi connectivity index (χ0) is 23.2. The summed E-state index contributed by atoms with van der Waals surface area (Å²) in [6.07, 6.45) is 3.76. The zero-order valence-electron chi connectivity index (χ0n) is 20.3. The summed E-state index contributed by atoms with van der Waals surface area (Å²) in [5.41, 5.74) is 2.81. The third-order valence-corrected chi connectivity index (χ3v) is 7.63. The summed E-state index contributed by atoms with van der Waals surface area (Å²) in [6, 6.07) is 22.3. The number of ether oxygens (including phenoxy) is 1. The predicted molar refractivity (Wildman–Crippen MR) is 141 cm³/mol. The molecule has 4 rings (SSSR count). The van der Waals surface area contributed by atoms with Crippen LogP contribution in [0.4, 0.5) is 0 Å². The Hall–Kier alpha value is -2.07. The number of piperazine rings is 1. The molecule has 0 saturated carbocycles. The average molecular weight is 465 g/mol. The van der Waals surface area contributed by atoms with E-state index in [0.717, 1.165) is 43.9 Å². The van der Waals surface area contributed by atoms with Crippen molar-refractivity contribution < 1.29 is 4.74 Å². The molecule has 3 nitrogen and oxygen atoms in total. The van der Waals surface area contributed by atoms with Gasteiger partial charge in [-0.25, -0.2) is 0 Å². The Morgan fingerprint density at radius 3 is 2.42 bits per heavy atom. The van der Waals surface area contributed by atoms with Gasteiger partial charge in [0, 0.05) is 44.2 Å². The van der Waals surface area contributed by atoms with E-state index in [1.807, 2.05) is 6.07 Å². The Morgan fingerprint density at radius 1 is 0.970 bits per heavy atom. The average Bonchev–Trinajstić information content (AvgIpc) is 2.86. The fourth-order valence-corrected chi connectivity index (χ4v) is 5.52. The third kappa shape index (κ3) is 5.71. The van der Waals surface area contributed by atoms with Crippen LogP contribution in [0, 0.1) is 0 Å². The molecule has 3 aromatic rings. The first kappa shape index (κ1) is 24.1. The lowest BCUT2D eigenvalue weighted by Crippen LogP contribution is -2.51. The molecule has 33 heavy (non-hydrogen) atoms. The number of fused-ring (bicyclic) bond motifs is 1. The van der Waals surface area contributed by atoms with E-state index in [2.05, 4.69) is 78.2 Å². The topological polar surface area (TPSA) is 15.7 Å². The Balaban J connectivity index is 1.47. The first-order valence-corrected chi connectivity index (χ1v) is 12.7. The molecule has 1 heterocycles. The quantitative estimate of drug-likeness (QED) is 0.339. The number of hydrogen-bond acceptors (Lipinski definition) is 3. The molecule has 0 radical (unpaired) electrons. The van der Waals surface area contributed by atoms with Crippen molar-refractivity contribution in [3.8, 4) is 5.75 Å². The van der Waals surface area contributed by atoms with Crippen molar-refractivity contribution in [1.29, 1.82) is 0 Å². The fourth-order valence-electron chi connectivity index (χ4n) is 5.21. The molecule has 2 unspecified atom stereocenters. The molecule has 4 heteroatoms. The van der Waals surface area contributed by atoms with E-state index < -0.39 is 0 Å². The van der Waals surface area contributed by atoms with Gasteiger partial charge in [0.05, 0.1) is 12.1 Å². The lowest BCUT2D eigenvalue weighted by Gasteiger charge is -2.42. The molecule has 0 N–H and O–H groups in total. The van der Waals surface area contributed by atoms with Crippen LogP contribution in [0.5, 0.6) is 5.75 Å². The van der Waals surface area contributed by atoms with Crippen molar-refractivity contribution in [2.45, 2.75) is 51.6 Å². The molecule has 0 bridgehead atoms. The number of methoxy groups -OCH3 is 1. The van der Waals surface area contributed by atoms with Crippen LogP contribution in [0.15, 0.2) is 60.7 Å². The van der Waals surface area contributed by atoms with Crippen molar-refractivity contribution in [1.82, 2.24) is 9.80 Å². The molecular weight excluding hydrogens is 428 g/mol.